The summed E-state index contributed by atoms with van der Waals surface area (Å²) in [5, 5.41) is 4.65. The summed E-state index contributed by atoms with van der Waals surface area (Å²) < 4.78 is 6.42. The predicted molar refractivity (Wildman–Crippen MR) is 140 cm³/mol. The van der Waals surface area contributed by atoms with Gasteiger partial charge in [0.05, 0.1) is 21.5 Å². The minimum atomic E-state index is -0.00519. The van der Waals surface area contributed by atoms with Gasteiger partial charge in [-0.3, -0.25) is 4.79 Å². The minimum Gasteiger partial charge on any atom is -0.489 e. The molecule has 5 rings (SSSR count). The van der Waals surface area contributed by atoms with Crippen LogP contribution in [0.1, 0.15) is 43.0 Å². The third kappa shape index (κ3) is 5.36. The van der Waals surface area contributed by atoms with E-state index in [4.69, 9.17) is 16.3 Å². The number of halogens is 1. The normalized spacial score (nSPS) is 19.6. The maximum absolute atomic E-state index is 13.0. The lowest BCUT2D eigenvalue weighted by atomic mass is 9.99. The SMILES string of the molecule is CC1CCCN(C(=O)c2ccc(Nc3ncnc4cccc(OC5CCN(C)CC5)c34)cc2Cl)C1. The number of hydrogen-bond acceptors (Lipinski definition) is 6. The molecule has 8 heteroatoms. The first-order chi connectivity index (χ1) is 17.0. The topological polar surface area (TPSA) is 70.6 Å². The Hall–Kier alpha value is -2.90. The quantitative estimate of drug-likeness (QED) is 0.515. The highest BCUT2D eigenvalue weighted by Gasteiger charge is 2.24. The van der Waals surface area contributed by atoms with Crippen molar-refractivity contribution in [3.63, 3.8) is 0 Å². The molecule has 1 atom stereocenters. The van der Waals surface area contributed by atoms with E-state index in [2.05, 4.69) is 34.2 Å². The maximum Gasteiger partial charge on any atom is 0.255 e. The number of likely N-dealkylation sites (tertiary alicyclic amines) is 2. The highest BCUT2D eigenvalue weighted by Crippen LogP contribution is 2.34. The van der Waals surface area contributed by atoms with Crippen LogP contribution in [0, 0.1) is 5.92 Å². The molecule has 0 bridgehead atoms. The first-order valence-corrected chi connectivity index (χ1v) is 12.8. The van der Waals surface area contributed by atoms with Gasteiger partial charge in [0, 0.05) is 31.9 Å². The number of amides is 1. The zero-order valence-corrected chi connectivity index (χ0v) is 21.1. The van der Waals surface area contributed by atoms with Gasteiger partial charge in [0.25, 0.3) is 5.91 Å². The lowest BCUT2D eigenvalue weighted by molar-refractivity contribution is 0.0683. The average Bonchev–Trinajstić information content (AvgIpc) is 2.85. The van der Waals surface area contributed by atoms with E-state index in [-0.39, 0.29) is 12.0 Å². The number of anilines is 2. The Kier molecular flexibility index (Phi) is 7.07. The number of hydrogen-bond donors (Lipinski definition) is 1. The summed E-state index contributed by atoms with van der Waals surface area (Å²) in [6.45, 7) is 5.80. The fourth-order valence-electron chi connectivity index (χ4n) is 5.00. The van der Waals surface area contributed by atoms with Crippen molar-refractivity contribution >= 4 is 39.9 Å². The molecule has 0 radical (unpaired) electrons. The van der Waals surface area contributed by atoms with Crippen LogP contribution in [0.15, 0.2) is 42.7 Å². The van der Waals surface area contributed by atoms with Crippen LogP contribution < -0.4 is 10.1 Å². The van der Waals surface area contributed by atoms with Gasteiger partial charge >= 0.3 is 0 Å². The van der Waals surface area contributed by atoms with Crippen LogP contribution >= 0.6 is 11.6 Å². The number of ether oxygens (including phenoxy) is 1. The largest absolute Gasteiger partial charge is 0.489 e. The summed E-state index contributed by atoms with van der Waals surface area (Å²) in [6.07, 6.45) is 5.89. The molecule has 3 aromatic rings. The van der Waals surface area contributed by atoms with Crippen LogP contribution in [0.25, 0.3) is 10.9 Å². The van der Waals surface area contributed by atoms with Crippen molar-refractivity contribution in [2.45, 2.75) is 38.7 Å². The average molecular weight is 494 g/mol. The molecule has 7 nitrogen and oxygen atoms in total. The van der Waals surface area contributed by atoms with E-state index in [0.717, 1.165) is 74.2 Å². The maximum atomic E-state index is 13.0. The first-order valence-electron chi connectivity index (χ1n) is 12.4. The molecule has 2 fully saturated rings. The number of fused-ring (bicyclic) bond motifs is 1. The van der Waals surface area contributed by atoms with Crippen molar-refractivity contribution in [3.05, 3.63) is 53.3 Å². The number of benzene rings is 2. The van der Waals surface area contributed by atoms with Crippen LogP contribution in [-0.4, -0.2) is 65.0 Å². The molecule has 2 saturated heterocycles. The second-order valence-electron chi connectivity index (χ2n) is 9.81. The smallest absolute Gasteiger partial charge is 0.255 e. The van der Waals surface area contributed by atoms with E-state index in [9.17, 15) is 4.79 Å². The van der Waals surface area contributed by atoms with Gasteiger partial charge in [0.15, 0.2) is 0 Å². The number of aromatic nitrogens is 2. The van der Waals surface area contributed by atoms with Crippen molar-refractivity contribution in [1.82, 2.24) is 19.8 Å². The Morgan fingerprint density at radius 2 is 1.94 bits per heavy atom. The van der Waals surface area contributed by atoms with Crippen LogP contribution in [0.4, 0.5) is 11.5 Å². The number of nitrogens with zero attached hydrogens (tertiary/aromatic N) is 4. The van der Waals surface area contributed by atoms with E-state index in [1.165, 1.54) is 0 Å². The molecular formula is C27H32ClN5O2. The Balaban J connectivity index is 1.38. The number of rotatable bonds is 5. The highest BCUT2D eigenvalue weighted by molar-refractivity contribution is 6.34. The molecule has 184 valence electrons. The van der Waals surface area contributed by atoms with Crippen molar-refractivity contribution in [2.75, 3.05) is 38.5 Å². The summed E-state index contributed by atoms with van der Waals surface area (Å²) in [5.41, 5.74) is 2.10. The number of carbonyl (C=O) groups excluding carboxylic acids is 1. The van der Waals surface area contributed by atoms with Gasteiger partial charge in [0.1, 0.15) is 24.0 Å². The second kappa shape index (κ2) is 10.4. The lowest BCUT2D eigenvalue weighted by Crippen LogP contribution is -2.39. The molecule has 2 aliphatic heterocycles. The van der Waals surface area contributed by atoms with Gasteiger partial charge < -0.3 is 19.9 Å². The van der Waals surface area contributed by atoms with Gasteiger partial charge in [-0.15, -0.1) is 0 Å². The summed E-state index contributed by atoms with van der Waals surface area (Å²) in [5.74, 6) is 1.94. The summed E-state index contributed by atoms with van der Waals surface area (Å²) in [7, 11) is 2.14. The van der Waals surface area contributed by atoms with Crippen molar-refractivity contribution in [3.8, 4) is 5.75 Å². The van der Waals surface area contributed by atoms with Crippen LogP contribution in [0.5, 0.6) is 5.75 Å². The fourth-order valence-corrected chi connectivity index (χ4v) is 5.26. The van der Waals surface area contributed by atoms with Crippen LogP contribution in [0.3, 0.4) is 0 Å². The van der Waals surface area contributed by atoms with Crippen LogP contribution in [-0.2, 0) is 0 Å². The third-order valence-electron chi connectivity index (χ3n) is 6.99. The Labute approximate surface area is 211 Å². The molecule has 1 N–H and O–H groups in total. The molecule has 0 aliphatic carbocycles. The van der Waals surface area contributed by atoms with Crippen molar-refractivity contribution < 1.29 is 9.53 Å². The molecular weight excluding hydrogens is 462 g/mol. The molecule has 3 heterocycles. The van der Waals surface area contributed by atoms with E-state index < -0.39 is 0 Å². The molecule has 0 saturated carbocycles. The number of piperidine rings is 2. The molecule has 1 aromatic heterocycles. The van der Waals surface area contributed by atoms with Crippen LogP contribution in [0.2, 0.25) is 5.02 Å². The molecule has 1 amide bonds. The zero-order chi connectivity index (χ0) is 24.4. The second-order valence-corrected chi connectivity index (χ2v) is 10.2. The highest BCUT2D eigenvalue weighted by atomic mass is 35.5. The standard InChI is InChI=1S/C27H32ClN5O2/c1-18-5-4-12-33(16-18)27(34)21-9-8-19(15-22(21)28)31-26-25-23(29-17-30-26)6-3-7-24(25)35-20-10-13-32(2)14-11-20/h3,6-9,15,17-18,20H,4-5,10-14,16H2,1-2H3,(H,29,30,31). The number of carbonyl (C=O) groups is 1. The van der Waals surface area contributed by atoms with Gasteiger partial charge in [-0.05, 0) is 69.0 Å². The van der Waals surface area contributed by atoms with Crippen molar-refractivity contribution in [2.24, 2.45) is 5.92 Å². The van der Waals surface area contributed by atoms with Gasteiger partial charge in [-0.25, -0.2) is 9.97 Å². The zero-order valence-electron chi connectivity index (χ0n) is 20.3. The summed E-state index contributed by atoms with van der Waals surface area (Å²) in [6, 6.07) is 11.4. The van der Waals surface area contributed by atoms with Crippen molar-refractivity contribution in [1.29, 1.82) is 0 Å². The fraction of sp³-hybridized carbons (Fsp3) is 0.444. The van der Waals surface area contributed by atoms with E-state index in [0.29, 0.717) is 22.3 Å². The third-order valence-corrected chi connectivity index (χ3v) is 7.30. The monoisotopic (exact) mass is 493 g/mol. The van der Waals surface area contributed by atoms with E-state index >= 15 is 0 Å². The molecule has 2 aromatic carbocycles. The number of nitrogens with one attached hydrogen (secondary N) is 1. The molecule has 1 unspecified atom stereocenters. The van der Waals surface area contributed by atoms with Gasteiger partial charge in [-0.1, -0.05) is 24.6 Å². The lowest BCUT2D eigenvalue weighted by Gasteiger charge is -2.31. The Morgan fingerprint density at radius 1 is 1.11 bits per heavy atom. The van der Waals surface area contributed by atoms with E-state index in [1.807, 2.05) is 29.2 Å². The molecule has 2 aliphatic rings. The molecule has 0 spiro atoms. The van der Waals surface area contributed by atoms with Gasteiger partial charge in [-0.2, -0.15) is 0 Å². The first kappa shape index (κ1) is 23.8. The summed E-state index contributed by atoms with van der Waals surface area (Å²) >= 11 is 6.59. The minimum absolute atomic E-state index is 0.00519. The Morgan fingerprint density at radius 3 is 2.71 bits per heavy atom. The van der Waals surface area contributed by atoms with E-state index in [1.54, 1.807) is 18.5 Å². The predicted octanol–water partition coefficient (Wildman–Crippen LogP) is 5.37. The summed E-state index contributed by atoms with van der Waals surface area (Å²) in [4.78, 5) is 26.2. The molecule has 35 heavy (non-hydrogen) atoms. The Bertz CT molecular complexity index is 1210. The van der Waals surface area contributed by atoms with Gasteiger partial charge in [0.2, 0.25) is 0 Å².